The van der Waals surface area contributed by atoms with Crippen molar-refractivity contribution < 1.29 is 17.9 Å². The van der Waals surface area contributed by atoms with Crippen LogP contribution < -0.4 is 0 Å². The molecule has 2 heterocycles. The molecule has 0 aromatic heterocycles. The van der Waals surface area contributed by atoms with Crippen LogP contribution in [0.4, 0.5) is 0 Å². The van der Waals surface area contributed by atoms with E-state index in [1.807, 2.05) is 0 Å². The third-order valence-electron chi connectivity index (χ3n) is 3.61. The Morgan fingerprint density at radius 1 is 1.38 bits per heavy atom. The van der Waals surface area contributed by atoms with Crippen LogP contribution in [-0.2, 0) is 19.5 Å². The number of hydrogen-bond acceptors (Lipinski definition) is 4. The van der Waals surface area contributed by atoms with E-state index in [4.69, 9.17) is 9.47 Å². The van der Waals surface area contributed by atoms with E-state index in [0.717, 1.165) is 19.3 Å². The van der Waals surface area contributed by atoms with Crippen molar-refractivity contribution >= 4 is 10.0 Å². The van der Waals surface area contributed by atoms with E-state index in [9.17, 15) is 8.42 Å². The molecule has 2 saturated heterocycles. The van der Waals surface area contributed by atoms with Crippen molar-refractivity contribution in [3.05, 3.63) is 0 Å². The number of sulfonamides is 1. The first-order chi connectivity index (χ1) is 7.45. The molecule has 0 aromatic rings. The van der Waals surface area contributed by atoms with Gasteiger partial charge in [0.25, 0.3) is 0 Å². The summed E-state index contributed by atoms with van der Waals surface area (Å²) in [6, 6.07) is 0. The molecule has 0 aliphatic carbocycles. The lowest BCUT2D eigenvalue weighted by molar-refractivity contribution is -0.0327. The van der Waals surface area contributed by atoms with Gasteiger partial charge in [-0.3, -0.25) is 0 Å². The Hall–Kier alpha value is -0.170. The van der Waals surface area contributed by atoms with E-state index >= 15 is 0 Å². The van der Waals surface area contributed by atoms with E-state index in [-0.39, 0.29) is 11.7 Å². The fourth-order valence-corrected chi connectivity index (χ4v) is 3.37. The molecule has 1 unspecified atom stereocenters. The Bertz CT molecular complexity index is 346. The molecule has 0 radical (unpaired) electrons. The van der Waals surface area contributed by atoms with Crippen molar-refractivity contribution in [3.63, 3.8) is 0 Å². The second-order valence-electron chi connectivity index (χ2n) is 4.72. The summed E-state index contributed by atoms with van der Waals surface area (Å²) in [7, 11) is -1.35. The van der Waals surface area contributed by atoms with Gasteiger partial charge in [-0.25, -0.2) is 12.7 Å². The van der Waals surface area contributed by atoms with Gasteiger partial charge < -0.3 is 9.47 Å². The summed E-state index contributed by atoms with van der Waals surface area (Å²) in [5.74, 6) is 0. The number of methoxy groups -OCH3 is 1. The zero-order chi connectivity index (χ0) is 11.8. The van der Waals surface area contributed by atoms with Gasteiger partial charge in [-0.15, -0.1) is 0 Å². The molecule has 2 fully saturated rings. The van der Waals surface area contributed by atoms with Gasteiger partial charge in [0, 0.05) is 26.6 Å². The first-order valence-corrected chi connectivity index (χ1v) is 7.42. The lowest BCUT2D eigenvalue weighted by Crippen LogP contribution is -2.46. The maximum atomic E-state index is 11.4. The molecule has 2 rings (SSSR count). The predicted octanol–water partition coefficient (Wildman–Crippen LogP) is 0.216. The molecule has 2 aliphatic rings. The highest BCUT2D eigenvalue weighted by Gasteiger charge is 2.44. The summed E-state index contributed by atoms with van der Waals surface area (Å²) >= 11 is 0. The molecular weight excluding hydrogens is 230 g/mol. The number of rotatable bonds is 2. The molecule has 0 saturated carbocycles. The highest BCUT2D eigenvalue weighted by Crippen LogP contribution is 2.37. The van der Waals surface area contributed by atoms with Gasteiger partial charge in [-0.1, -0.05) is 0 Å². The van der Waals surface area contributed by atoms with Crippen LogP contribution in [0.3, 0.4) is 0 Å². The summed E-state index contributed by atoms with van der Waals surface area (Å²) in [6.07, 6.45) is 3.88. The van der Waals surface area contributed by atoms with Crippen LogP contribution in [0.1, 0.15) is 19.3 Å². The molecule has 1 spiro atoms. The van der Waals surface area contributed by atoms with Gasteiger partial charge in [0.15, 0.2) is 0 Å². The van der Waals surface area contributed by atoms with Crippen LogP contribution in [0, 0.1) is 0 Å². The number of ether oxygens (including phenoxy) is 2. The van der Waals surface area contributed by atoms with Gasteiger partial charge in [-0.2, -0.15) is 0 Å². The smallest absolute Gasteiger partial charge is 0.211 e. The lowest BCUT2D eigenvalue weighted by Gasteiger charge is -2.37. The molecule has 16 heavy (non-hydrogen) atoms. The molecule has 0 amide bonds. The highest BCUT2D eigenvalue weighted by molar-refractivity contribution is 7.88. The molecule has 6 heteroatoms. The quantitative estimate of drug-likeness (QED) is 0.702. The molecular formula is C10H19NO4S. The van der Waals surface area contributed by atoms with Crippen LogP contribution in [0.5, 0.6) is 0 Å². The highest BCUT2D eigenvalue weighted by atomic mass is 32.2. The monoisotopic (exact) mass is 249 g/mol. The largest absolute Gasteiger partial charge is 0.379 e. The molecule has 0 bridgehead atoms. The average Bonchev–Trinajstić information content (AvgIpc) is 2.61. The van der Waals surface area contributed by atoms with Crippen LogP contribution in [0.25, 0.3) is 0 Å². The Kier molecular flexibility index (Phi) is 3.27. The number of hydrogen-bond donors (Lipinski definition) is 0. The van der Waals surface area contributed by atoms with Crippen LogP contribution >= 0.6 is 0 Å². The van der Waals surface area contributed by atoms with Crippen LogP contribution in [-0.4, -0.2) is 57.5 Å². The molecule has 2 aliphatic heterocycles. The Morgan fingerprint density at radius 3 is 2.44 bits per heavy atom. The van der Waals surface area contributed by atoms with Crippen LogP contribution in [0.2, 0.25) is 0 Å². The second kappa shape index (κ2) is 4.25. The minimum atomic E-state index is -3.04. The van der Waals surface area contributed by atoms with Crippen molar-refractivity contribution in [2.24, 2.45) is 0 Å². The van der Waals surface area contributed by atoms with Gasteiger partial charge >= 0.3 is 0 Å². The first kappa shape index (κ1) is 12.3. The third kappa shape index (κ3) is 2.40. The zero-order valence-electron chi connectivity index (χ0n) is 9.81. The Labute approximate surface area is 96.8 Å². The average molecular weight is 249 g/mol. The lowest BCUT2D eigenvalue weighted by atomic mass is 9.89. The standard InChI is InChI=1S/C10H19NO4S/c1-14-9-7-10(15-8-9)3-5-11(6-4-10)16(2,12)13/h9H,3-8H2,1-2H3. The van der Waals surface area contributed by atoms with Gasteiger partial charge in [0.1, 0.15) is 0 Å². The number of piperidine rings is 1. The predicted molar refractivity (Wildman–Crippen MR) is 59.7 cm³/mol. The SMILES string of the molecule is COC1COC2(CCN(S(C)(=O)=O)CC2)C1. The van der Waals surface area contributed by atoms with Crippen molar-refractivity contribution in [2.75, 3.05) is 33.1 Å². The minimum absolute atomic E-state index is 0.137. The molecule has 5 nitrogen and oxygen atoms in total. The summed E-state index contributed by atoms with van der Waals surface area (Å²) in [6.45, 7) is 1.76. The Morgan fingerprint density at radius 2 is 2.00 bits per heavy atom. The van der Waals surface area contributed by atoms with Crippen molar-refractivity contribution in [1.82, 2.24) is 4.31 Å². The summed E-state index contributed by atoms with van der Waals surface area (Å²) in [5, 5.41) is 0. The summed E-state index contributed by atoms with van der Waals surface area (Å²) in [5.41, 5.74) is -0.137. The van der Waals surface area contributed by atoms with E-state index in [0.29, 0.717) is 19.7 Å². The van der Waals surface area contributed by atoms with Crippen molar-refractivity contribution in [2.45, 2.75) is 31.0 Å². The van der Waals surface area contributed by atoms with E-state index in [1.54, 1.807) is 7.11 Å². The Balaban J connectivity index is 1.95. The summed E-state index contributed by atoms with van der Waals surface area (Å²) < 4.78 is 35.3. The van der Waals surface area contributed by atoms with Crippen molar-refractivity contribution in [3.8, 4) is 0 Å². The minimum Gasteiger partial charge on any atom is -0.379 e. The molecule has 0 aromatic carbocycles. The molecule has 94 valence electrons. The topological polar surface area (TPSA) is 55.8 Å². The fourth-order valence-electron chi connectivity index (χ4n) is 2.53. The van der Waals surface area contributed by atoms with Crippen molar-refractivity contribution in [1.29, 1.82) is 0 Å². The maximum absolute atomic E-state index is 11.4. The normalized spacial score (nSPS) is 31.0. The van der Waals surface area contributed by atoms with E-state index in [2.05, 4.69) is 0 Å². The maximum Gasteiger partial charge on any atom is 0.211 e. The van der Waals surface area contributed by atoms with E-state index in [1.165, 1.54) is 10.6 Å². The van der Waals surface area contributed by atoms with Gasteiger partial charge in [-0.05, 0) is 12.8 Å². The van der Waals surface area contributed by atoms with Gasteiger partial charge in [0.05, 0.1) is 24.6 Å². The third-order valence-corrected chi connectivity index (χ3v) is 4.91. The fraction of sp³-hybridized carbons (Fsp3) is 1.00. The molecule has 1 atom stereocenters. The van der Waals surface area contributed by atoms with Gasteiger partial charge in [0.2, 0.25) is 10.0 Å². The summed E-state index contributed by atoms with van der Waals surface area (Å²) in [4.78, 5) is 0. The zero-order valence-corrected chi connectivity index (χ0v) is 10.6. The number of nitrogens with zero attached hydrogens (tertiary/aromatic N) is 1. The first-order valence-electron chi connectivity index (χ1n) is 5.57. The van der Waals surface area contributed by atoms with Crippen LogP contribution in [0.15, 0.2) is 0 Å². The molecule has 0 N–H and O–H groups in total. The van der Waals surface area contributed by atoms with E-state index < -0.39 is 10.0 Å². The second-order valence-corrected chi connectivity index (χ2v) is 6.70.